The number of carbonyl (C=O) groups excluding carboxylic acids is 3. The Morgan fingerprint density at radius 3 is 2.69 bits per heavy atom. The van der Waals surface area contributed by atoms with Crippen molar-refractivity contribution in [3.05, 3.63) is 34.9 Å². The van der Waals surface area contributed by atoms with Gasteiger partial charge < -0.3 is 15.0 Å². The van der Waals surface area contributed by atoms with Crippen molar-refractivity contribution in [2.45, 2.75) is 69.8 Å². The number of ether oxygens (including phenoxy) is 1. The zero-order chi connectivity index (χ0) is 22.1. The summed E-state index contributed by atoms with van der Waals surface area (Å²) in [5.41, 5.74) is 2.77. The van der Waals surface area contributed by atoms with Crippen molar-refractivity contribution < 1.29 is 19.1 Å². The van der Waals surface area contributed by atoms with E-state index in [9.17, 15) is 14.4 Å². The van der Waals surface area contributed by atoms with E-state index in [1.807, 2.05) is 12.1 Å². The molecule has 4 aliphatic heterocycles. The van der Waals surface area contributed by atoms with Crippen LogP contribution >= 0.6 is 0 Å². The second kappa shape index (κ2) is 9.29. The smallest absolute Gasteiger partial charge is 0.255 e. The Kier molecular flexibility index (Phi) is 6.26. The van der Waals surface area contributed by atoms with Gasteiger partial charge >= 0.3 is 0 Å². The number of piperidine rings is 2. The average Bonchev–Trinajstić information content (AvgIpc) is 3.42. The van der Waals surface area contributed by atoms with E-state index in [1.165, 1.54) is 0 Å². The summed E-state index contributed by atoms with van der Waals surface area (Å²) in [6.45, 7) is 5.08. The van der Waals surface area contributed by atoms with E-state index >= 15 is 0 Å². The number of amides is 3. The zero-order valence-corrected chi connectivity index (χ0v) is 18.5. The zero-order valence-electron chi connectivity index (χ0n) is 18.5. The molecule has 4 heterocycles. The minimum Gasteiger partial charge on any atom is -0.377 e. The summed E-state index contributed by atoms with van der Waals surface area (Å²) < 4.78 is 5.92. The highest BCUT2D eigenvalue weighted by Crippen LogP contribution is 2.29. The van der Waals surface area contributed by atoms with Gasteiger partial charge in [0.1, 0.15) is 6.04 Å². The monoisotopic (exact) mass is 440 g/mol. The standard InChI is InChI=1S/C24H32N4O4/c29-22-6-5-21(23(30)26-22)28-14-17-4-3-16(12-20(17)24(28)31)13-27(15-19-2-1-11-32-19)18-7-9-25-10-8-18/h3-4,12,18-19,21,25H,1-2,5-11,13-15H2,(H,26,29,30). The van der Waals surface area contributed by atoms with Crippen LogP contribution in [0, 0.1) is 0 Å². The maximum absolute atomic E-state index is 13.2. The van der Waals surface area contributed by atoms with Crippen LogP contribution in [0.1, 0.15) is 60.0 Å². The molecule has 1 aromatic carbocycles. The van der Waals surface area contributed by atoms with E-state index in [2.05, 4.69) is 21.6 Å². The Balaban J connectivity index is 1.31. The topological polar surface area (TPSA) is 91.0 Å². The second-order valence-electron chi connectivity index (χ2n) is 9.44. The van der Waals surface area contributed by atoms with Gasteiger partial charge in [-0.2, -0.15) is 0 Å². The van der Waals surface area contributed by atoms with Crippen molar-refractivity contribution in [2.24, 2.45) is 0 Å². The van der Waals surface area contributed by atoms with Crippen molar-refractivity contribution in [1.29, 1.82) is 0 Å². The lowest BCUT2D eigenvalue weighted by molar-refractivity contribution is -0.136. The van der Waals surface area contributed by atoms with Crippen LogP contribution in [0.15, 0.2) is 18.2 Å². The molecular formula is C24H32N4O4. The number of nitrogens with one attached hydrogen (secondary N) is 2. The lowest BCUT2D eigenvalue weighted by Gasteiger charge is -2.36. The van der Waals surface area contributed by atoms with Crippen LogP contribution in [0.5, 0.6) is 0 Å². The molecule has 0 bridgehead atoms. The Bertz CT molecular complexity index is 892. The normalized spacial score (nSPS) is 26.7. The number of hydrogen-bond acceptors (Lipinski definition) is 6. The summed E-state index contributed by atoms with van der Waals surface area (Å²) in [7, 11) is 0. The number of benzene rings is 1. The molecule has 2 N–H and O–H groups in total. The van der Waals surface area contributed by atoms with Gasteiger partial charge in [-0.15, -0.1) is 0 Å². The lowest BCUT2D eigenvalue weighted by Crippen LogP contribution is -2.52. The van der Waals surface area contributed by atoms with E-state index in [1.54, 1.807) is 4.90 Å². The molecule has 0 spiro atoms. The van der Waals surface area contributed by atoms with Gasteiger partial charge in [-0.3, -0.25) is 24.6 Å². The number of nitrogens with zero attached hydrogens (tertiary/aromatic N) is 2. The largest absolute Gasteiger partial charge is 0.377 e. The Hall–Kier alpha value is -2.29. The van der Waals surface area contributed by atoms with Crippen molar-refractivity contribution in [3.8, 4) is 0 Å². The van der Waals surface area contributed by atoms with Crippen LogP contribution < -0.4 is 10.6 Å². The second-order valence-corrected chi connectivity index (χ2v) is 9.44. The molecule has 8 nitrogen and oxygen atoms in total. The molecule has 172 valence electrons. The van der Waals surface area contributed by atoms with Crippen LogP contribution in [0.2, 0.25) is 0 Å². The van der Waals surface area contributed by atoms with Crippen molar-refractivity contribution in [1.82, 2.24) is 20.4 Å². The van der Waals surface area contributed by atoms with Crippen LogP contribution in [-0.4, -0.2) is 72.0 Å². The molecule has 4 aliphatic rings. The van der Waals surface area contributed by atoms with Crippen LogP contribution in [-0.2, 0) is 27.4 Å². The summed E-state index contributed by atoms with van der Waals surface area (Å²) in [6.07, 6.45) is 5.46. The number of carbonyl (C=O) groups is 3. The van der Waals surface area contributed by atoms with E-state index in [0.29, 0.717) is 30.7 Å². The van der Waals surface area contributed by atoms with Crippen molar-refractivity contribution in [3.63, 3.8) is 0 Å². The summed E-state index contributed by atoms with van der Waals surface area (Å²) in [5, 5.41) is 5.81. The van der Waals surface area contributed by atoms with Gasteiger partial charge in [0.15, 0.2) is 0 Å². The van der Waals surface area contributed by atoms with Gasteiger partial charge in [-0.25, -0.2) is 0 Å². The molecule has 32 heavy (non-hydrogen) atoms. The van der Waals surface area contributed by atoms with Crippen molar-refractivity contribution in [2.75, 3.05) is 26.2 Å². The number of hydrogen-bond donors (Lipinski definition) is 2. The van der Waals surface area contributed by atoms with E-state index in [4.69, 9.17) is 4.74 Å². The first-order chi connectivity index (χ1) is 15.6. The Labute approximate surface area is 188 Å². The molecule has 3 fully saturated rings. The fourth-order valence-corrected chi connectivity index (χ4v) is 5.50. The lowest BCUT2D eigenvalue weighted by atomic mass is 10.0. The maximum Gasteiger partial charge on any atom is 0.255 e. The molecule has 0 aromatic heterocycles. The van der Waals surface area contributed by atoms with Crippen molar-refractivity contribution >= 4 is 17.7 Å². The van der Waals surface area contributed by atoms with Crippen LogP contribution in [0.4, 0.5) is 0 Å². The number of fused-ring (bicyclic) bond motifs is 1. The predicted octanol–water partition coefficient (Wildman–Crippen LogP) is 1.18. The molecule has 2 atom stereocenters. The maximum atomic E-state index is 13.2. The first kappa shape index (κ1) is 21.6. The summed E-state index contributed by atoms with van der Waals surface area (Å²) >= 11 is 0. The third kappa shape index (κ3) is 4.44. The molecular weight excluding hydrogens is 408 g/mol. The molecule has 0 aliphatic carbocycles. The highest BCUT2D eigenvalue weighted by atomic mass is 16.5. The minimum absolute atomic E-state index is 0.108. The minimum atomic E-state index is -0.568. The fourth-order valence-electron chi connectivity index (χ4n) is 5.50. The molecule has 3 saturated heterocycles. The quantitative estimate of drug-likeness (QED) is 0.646. The molecule has 3 amide bonds. The van der Waals surface area contributed by atoms with Gasteiger partial charge in [-0.05, 0) is 62.4 Å². The van der Waals surface area contributed by atoms with Gasteiger partial charge in [0.25, 0.3) is 5.91 Å². The molecule has 0 radical (unpaired) electrons. The van der Waals surface area contributed by atoms with E-state index in [0.717, 1.165) is 69.6 Å². The van der Waals surface area contributed by atoms with Crippen LogP contribution in [0.25, 0.3) is 0 Å². The van der Waals surface area contributed by atoms with Gasteiger partial charge in [0.05, 0.1) is 6.10 Å². The first-order valence-electron chi connectivity index (χ1n) is 11.9. The van der Waals surface area contributed by atoms with Gasteiger partial charge in [0.2, 0.25) is 11.8 Å². The third-order valence-electron chi connectivity index (χ3n) is 7.27. The highest BCUT2D eigenvalue weighted by molar-refractivity contribution is 6.05. The Morgan fingerprint density at radius 2 is 1.94 bits per heavy atom. The average molecular weight is 441 g/mol. The fraction of sp³-hybridized carbons (Fsp3) is 0.625. The Morgan fingerprint density at radius 1 is 1.09 bits per heavy atom. The van der Waals surface area contributed by atoms with E-state index in [-0.39, 0.29) is 24.1 Å². The molecule has 0 saturated carbocycles. The van der Waals surface area contributed by atoms with Gasteiger partial charge in [0, 0.05) is 44.3 Å². The molecule has 5 rings (SSSR count). The molecule has 1 aromatic rings. The summed E-state index contributed by atoms with van der Waals surface area (Å²) in [6, 6.07) is 6.10. The molecule has 2 unspecified atom stereocenters. The summed E-state index contributed by atoms with van der Waals surface area (Å²) in [4.78, 5) is 41.1. The number of rotatable bonds is 6. The highest BCUT2D eigenvalue weighted by Gasteiger charge is 2.39. The SMILES string of the molecule is O=C1CCC(N2Cc3ccc(CN(CC4CCCO4)C4CCNCC4)cc3C2=O)C(=O)N1. The summed E-state index contributed by atoms with van der Waals surface area (Å²) in [5.74, 6) is -0.734. The van der Waals surface area contributed by atoms with E-state index < -0.39 is 6.04 Å². The van der Waals surface area contributed by atoms with Gasteiger partial charge in [-0.1, -0.05) is 12.1 Å². The number of imide groups is 1. The predicted molar refractivity (Wildman–Crippen MR) is 118 cm³/mol. The van der Waals surface area contributed by atoms with Crippen LogP contribution in [0.3, 0.4) is 0 Å². The molecule has 8 heteroatoms. The third-order valence-corrected chi connectivity index (χ3v) is 7.27. The first-order valence-corrected chi connectivity index (χ1v) is 11.9.